The van der Waals surface area contributed by atoms with Gasteiger partial charge in [0.2, 0.25) is 11.8 Å². The van der Waals surface area contributed by atoms with Gasteiger partial charge >= 0.3 is 0 Å². The Morgan fingerprint density at radius 2 is 2.35 bits per heavy atom. The molecule has 1 aromatic rings. The highest BCUT2D eigenvalue weighted by molar-refractivity contribution is 5.29. The predicted molar refractivity (Wildman–Crippen MR) is 65.3 cm³/mol. The highest BCUT2D eigenvalue weighted by Gasteiger charge is 2.29. The van der Waals surface area contributed by atoms with E-state index in [1.807, 2.05) is 0 Å². The highest BCUT2D eigenvalue weighted by atomic mass is 16.5. The minimum Gasteiger partial charge on any atom is -0.481 e. The molecule has 1 unspecified atom stereocenters. The fraction of sp³-hybridized carbons (Fsp3) is 0.667. The summed E-state index contributed by atoms with van der Waals surface area (Å²) in [7, 11) is 1.60. The highest BCUT2D eigenvalue weighted by Crippen LogP contribution is 2.25. The van der Waals surface area contributed by atoms with E-state index in [2.05, 4.69) is 29.1 Å². The quantitative estimate of drug-likeness (QED) is 0.869. The van der Waals surface area contributed by atoms with Crippen LogP contribution in [0.3, 0.4) is 0 Å². The zero-order valence-electron chi connectivity index (χ0n) is 10.6. The Bertz CT molecular complexity index is 382. The molecule has 0 amide bonds. The number of nitrogens with zero attached hydrogens (tertiary/aromatic N) is 2. The van der Waals surface area contributed by atoms with Gasteiger partial charge in [-0.05, 0) is 26.7 Å². The van der Waals surface area contributed by atoms with Crippen molar-refractivity contribution in [3.05, 3.63) is 12.3 Å². The molecule has 5 nitrogen and oxygen atoms in total. The zero-order chi connectivity index (χ0) is 12.3. The summed E-state index contributed by atoms with van der Waals surface area (Å²) in [5.41, 5.74) is -0.0746. The maximum absolute atomic E-state index is 5.67. The Balaban J connectivity index is 2.00. The molecule has 1 aromatic heterocycles. The van der Waals surface area contributed by atoms with Gasteiger partial charge in [0, 0.05) is 24.9 Å². The van der Waals surface area contributed by atoms with E-state index in [0.29, 0.717) is 17.9 Å². The topological polar surface area (TPSA) is 56.3 Å². The first-order valence-corrected chi connectivity index (χ1v) is 5.86. The summed E-state index contributed by atoms with van der Waals surface area (Å²) in [4.78, 5) is 8.43. The van der Waals surface area contributed by atoms with Crippen molar-refractivity contribution in [3.8, 4) is 5.88 Å². The molecular weight excluding hydrogens is 218 g/mol. The number of nitrogens with one attached hydrogen (secondary N) is 1. The van der Waals surface area contributed by atoms with Gasteiger partial charge in [0.05, 0.1) is 12.7 Å². The van der Waals surface area contributed by atoms with E-state index in [-0.39, 0.29) is 5.60 Å². The second-order valence-corrected chi connectivity index (χ2v) is 4.86. The molecule has 5 heteroatoms. The lowest BCUT2D eigenvalue weighted by Gasteiger charge is -2.35. The molecule has 1 aliphatic heterocycles. The van der Waals surface area contributed by atoms with Crippen molar-refractivity contribution < 1.29 is 9.47 Å². The molecule has 1 fully saturated rings. The standard InChI is InChI=1S/C12H19N3O2/c1-12(2)8-9(5-7-17-12)14-11-13-6-4-10(15-11)16-3/h4,6,9H,5,7-8H2,1-3H3,(H,13,14,15). The molecule has 0 aliphatic carbocycles. The van der Waals surface area contributed by atoms with Crippen molar-refractivity contribution in [1.82, 2.24) is 9.97 Å². The molecule has 0 radical (unpaired) electrons. The zero-order valence-corrected chi connectivity index (χ0v) is 10.6. The summed E-state index contributed by atoms with van der Waals surface area (Å²) in [6, 6.07) is 2.09. The van der Waals surface area contributed by atoms with Crippen molar-refractivity contribution in [1.29, 1.82) is 0 Å². The molecule has 2 heterocycles. The number of hydrogen-bond donors (Lipinski definition) is 1. The molecule has 2 rings (SSSR count). The number of hydrogen-bond acceptors (Lipinski definition) is 5. The van der Waals surface area contributed by atoms with Crippen LogP contribution in [0.1, 0.15) is 26.7 Å². The van der Waals surface area contributed by atoms with Crippen molar-refractivity contribution in [2.45, 2.75) is 38.3 Å². The first kappa shape index (κ1) is 12.1. The minimum absolute atomic E-state index is 0.0746. The SMILES string of the molecule is COc1ccnc(NC2CCOC(C)(C)C2)n1. The van der Waals surface area contributed by atoms with Crippen LogP contribution in [0.4, 0.5) is 5.95 Å². The maximum atomic E-state index is 5.67. The molecule has 0 aromatic carbocycles. The Morgan fingerprint density at radius 3 is 3.06 bits per heavy atom. The molecule has 1 saturated heterocycles. The van der Waals surface area contributed by atoms with Crippen LogP contribution in [0.15, 0.2) is 12.3 Å². The molecule has 0 bridgehead atoms. The van der Waals surface area contributed by atoms with Gasteiger partial charge in [-0.1, -0.05) is 0 Å². The fourth-order valence-corrected chi connectivity index (χ4v) is 2.06. The molecule has 1 atom stereocenters. The molecule has 17 heavy (non-hydrogen) atoms. The van der Waals surface area contributed by atoms with Crippen molar-refractivity contribution in [2.75, 3.05) is 19.0 Å². The Morgan fingerprint density at radius 1 is 1.53 bits per heavy atom. The molecule has 0 saturated carbocycles. The van der Waals surface area contributed by atoms with Crippen LogP contribution in [0, 0.1) is 0 Å². The van der Waals surface area contributed by atoms with E-state index in [1.54, 1.807) is 19.4 Å². The van der Waals surface area contributed by atoms with Crippen LogP contribution in [0.5, 0.6) is 5.88 Å². The first-order valence-electron chi connectivity index (χ1n) is 5.86. The summed E-state index contributed by atoms with van der Waals surface area (Å²) < 4.78 is 10.7. The van der Waals surface area contributed by atoms with Gasteiger partial charge < -0.3 is 14.8 Å². The smallest absolute Gasteiger partial charge is 0.226 e. The van der Waals surface area contributed by atoms with E-state index >= 15 is 0 Å². The van der Waals surface area contributed by atoms with E-state index in [0.717, 1.165) is 19.4 Å². The normalized spacial score (nSPS) is 23.1. The van der Waals surface area contributed by atoms with E-state index in [4.69, 9.17) is 9.47 Å². The van der Waals surface area contributed by atoms with E-state index in [9.17, 15) is 0 Å². The first-order chi connectivity index (χ1) is 8.09. The number of ether oxygens (including phenoxy) is 2. The number of anilines is 1. The summed E-state index contributed by atoms with van der Waals surface area (Å²) >= 11 is 0. The molecular formula is C12H19N3O2. The van der Waals surface area contributed by atoms with Crippen LogP contribution in [-0.2, 0) is 4.74 Å². The average molecular weight is 237 g/mol. The van der Waals surface area contributed by atoms with E-state index in [1.165, 1.54) is 0 Å². The van der Waals surface area contributed by atoms with Gasteiger partial charge in [-0.3, -0.25) is 0 Å². The van der Waals surface area contributed by atoms with Gasteiger partial charge in [0.15, 0.2) is 0 Å². The number of methoxy groups -OCH3 is 1. The lowest BCUT2D eigenvalue weighted by atomic mass is 9.94. The maximum Gasteiger partial charge on any atom is 0.226 e. The summed E-state index contributed by atoms with van der Waals surface area (Å²) in [5.74, 6) is 1.20. The monoisotopic (exact) mass is 237 g/mol. The summed E-state index contributed by atoms with van der Waals surface area (Å²) in [6.07, 6.45) is 3.62. The van der Waals surface area contributed by atoms with Crippen LogP contribution in [0.25, 0.3) is 0 Å². The molecule has 1 aliphatic rings. The summed E-state index contributed by atoms with van der Waals surface area (Å²) in [5, 5.41) is 3.33. The van der Waals surface area contributed by atoms with Gasteiger partial charge in [-0.2, -0.15) is 4.98 Å². The number of aromatic nitrogens is 2. The van der Waals surface area contributed by atoms with Crippen LogP contribution < -0.4 is 10.1 Å². The third-order valence-electron chi connectivity index (χ3n) is 2.87. The van der Waals surface area contributed by atoms with Gasteiger partial charge in [0.1, 0.15) is 0 Å². The van der Waals surface area contributed by atoms with Crippen LogP contribution in [0.2, 0.25) is 0 Å². The second kappa shape index (κ2) is 4.87. The predicted octanol–water partition coefficient (Wildman–Crippen LogP) is 1.85. The van der Waals surface area contributed by atoms with Crippen molar-refractivity contribution >= 4 is 5.95 Å². The fourth-order valence-electron chi connectivity index (χ4n) is 2.06. The second-order valence-electron chi connectivity index (χ2n) is 4.86. The minimum atomic E-state index is -0.0746. The van der Waals surface area contributed by atoms with Crippen molar-refractivity contribution in [2.24, 2.45) is 0 Å². The van der Waals surface area contributed by atoms with Crippen molar-refractivity contribution in [3.63, 3.8) is 0 Å². The summed E-state index contributed by atoms with van der Waals surface area (Å²) in [6.45, 7) is 4.98. The Kier molecular flexibility index (Phi) is 3.47. The lowest BCUT2D eigenvalue weighted by Crippen LogP contribution is -2.40. The molecule has 1 N–H and O–H groups in total. The third kappa shape index (κ3) is 3.30. The lowest BCUT2D eigenvalue weighted by molar-refractivity contribution is -0.0554. The molecule has 0 spiro atoms. The largest absolute Gasteiger partial charge is 0.481 e. The Labute approximate surface area is 102 Å². The number of rotatable bonds is 3. The Hall–Kier alpha value is -1.36. The van der Waals surface area contributed by atoms with E-state index < -0.39 is 0 Å². The van der Waals surface area contributed by atoms with Crippen LogP contribution >= 0.6 is 0 Å². The average Bonchev–Trinajstić information content (AvgIpc) is 2.28. The van der Waals surface area contributed by atoms with Gasteiger partial charge in [-0.25, -0.2) is 4.98 Å². The van der Waals surface area contributed by atoms with Gasteiger partial charge in [-0.15, -0.1) is 0 Å². The molecule has 94 valence electrons. The van der Waals surface area contributed by atoms with Gasteiger partial charge in [0.25, 0.3) is 0 Å². The van der Waals surface area contributed by atoms with Crippen LogP contribution in [-0.4, -0.2) is 35.3 Å². The third-order valence-corrected chi connectivity index (χ3v) is 2.87.